The van der Waals surface area contributed by atoms with E-state index in [9.17, 15) is 26.4 Å². The van der Waals surface area contributed by atoms with Crippen LogP contribution in [0.5, 0.6) is 5.75 Å². The van der Waals surface area contributed by atoms with Crippen LogP contribution in [0.15, 0.2) is 29.2 Å². The van der Waals surface area contributed by atoms with Gasteiger partial charge in [-0.1, -0.05) is 0 Å². The van der Waals surface area contributed by atoms with Gasteiger partial charge < -0.3 is 10.1 Å². The Morgan fingerprint density at radius 2 is 1.96 bits per heavy atom. The van der Waals surface area contributed by atoms with Crippen molar-refractivity contribution in [3.8, 4) is 5.75 Å². The van der Waals surface area contributed by atoms with Crippen molar-refractivity contribution in [3.63, 3.8) is 0 Å². The number of fused-ring (bicyclic) bond motifs is 1. The molecule has 3 aromatic rings. The van der Waals surface area contributed by atoms with Crippen molar-refractivity contribution in [2.45, 2.75) is 17.3 Å². The number of carbonyl (C=O) groups excluding carboxylic acids is 1. The predicted molar refractivity (Wildman–Crippen MR) is 97.5 cm³/mol. The largest absolute Gasteiger partial charge is 0.501 e. The minimum absolute atomic E-state index is 0.0217. The van der Waals surface area contributed by atoms with Gasteiger partial charge in [0, 0.05) is 12.4 Å². The first-order valence-electron chi connectivity index (χ1n) is 7.69. The number of hydrogen-bond donors (Lipinski definition) is 1. The van der Waals surface area contributed by atoms with Gasteiger partial charge in [0.05, 0.1) is 28.3 Å². The third-order valence-corrected chi connectivity index (χ3v) is 6.64. The molecule has 0 bridgehead atoms. The standard InChI is InChI=1S/C16H14F3N3O4S2/c1-8-10-7-13(27-15(10)22(2)21-8)14(23)20-11-6-9(4-5-12(11)26-3)28(24,25)16(17,18)19/h4-7H,1-3H3,(H,20,23). The van der Waals surface area contributed by atoms with Crippen LogP contribution in [0.4, 0.5) is 18.9 Å². The molecule has 1 N–H and O–H groups in total. The van der Waals surface area contributed by atoms with Gasteiger partial charge in [0.2, 0.25) is 0 Å². The lowest BCUT2D eigenvalue weighted by molar-refractivity contribution is -0.0436. The normalized spacial score (nSPS) is 12.4. The lowest BCUT2D eigenvalue weighted by atomic mass is 10.2. The van der Waals surface area contributed by atoms with Gasteiger partial charge in [0.1, 0.15) is 10.6 Å². The van der Waals surface area contributed by atoms with E-state index < -0.39 is 26.1 Å². The molecule has 7 nitrogen and oxygen atoms in total. The Labute approximate surface area is 161 Å². The summed E-state index contributed by atoms with van der Waals surface area (Å²) >= 11 is 1.15. The number of rotatable bonds is 4. The van der Waals surface area contributed by atoms with Crippen LogP contribution in [0.25, 0.3) is 10.2 Å². The van der Waals surface area contributed by atoms with E-state index in [0.29, 0.717) is 0 Å². The average Bonchev–Trinajstić information content (AvgIpc) is 3.16. The lowest BCUT2D eigenvalue weighted by Crippen LogP contribution is -2.23. The van der Waals surface area contributed by atoms with Crippen molar-refractivity contribution in [3.05, 3.63) is 34.8 Å². The third-order valence-electron chi connectivity index (χ3n) is 3.95. The number of benzene rings is 1. The van der Waals surface area contributed by atoms with Crippen molar-refractivity contribution < 1.29 is 31.1 Å². The molecule has 0 aliphatic carbocycles. The zero-order valence-electron chi connectivity index (χ0n) is 14.8. The Hall–Kier alpha value is -2.60. The number of anilines is 1. The molecule has 28 heavy (non-hydrogen) atoms. The van der Waals surface area contributed by atoms with E-state index in [1.165, 1.54) is 7.11 Å². The zero-order chi connectivity index (χ0) is 20.9. The number of nitrogens with zero attached hydrogens (tertiary/aromatic N) is 2. The van der Waals surface area contributed by atoms with Crippen molar-refractivity contribution in [2.24, 2.45) is 7.05 Å². The molecule has 0 aliphatic rings. The van der Waals surface area contributed by atoms with Crippen LogP contribution in [0, 0.1) is 6.92 Å². The van der Waals surface area contributed by atoms with Crippen LogP contribution in [0.2, 0.25) is 0 Å². The Morgan fingerprint density at radius 1 is 1.29 bits per heavy atom. The second-order valence-electron chi connectivity index (χ2n) is 5.80. The first-order valence-corrected chi connectivity index (χ1v) is 9.99. The van der Waals surface area contributed by atoms with Crippen LogP contribution in [0.3, 0.4) is 0 Å². The number of sulfone groups is 1. The number of nitrogens with one attached hydrogen (secondary N) is 1. The van der Waals surface area contributed by atoms with Gasteiger partial charge >= 0.3 is 5.51 Å². The SMILES string of the molecule is COc1ccc(S(=O)(=O)C(F)(F)F)cc1NC(=O)c1cc2c(C)nn(C)c2s1. The Balaban J connectivity index is 1.99. The van der Waals surface area contributed by atoms with Crippen molar-refractivity contribution in [1.82, 2.24) is 9.78 Å². The van der Waals surface area contributed by atoms with Crippen LogP contribution in [-0.2, 0) is 16.9 Å². The summed E-state index contributed by atoms with van der Waals surface area (Å²) in [7, 11) is -2.59. The second-order valence-corrected chi connectivity index (χ2v) is 8.78. The molecule has 1 aromatic carbocycles. The fourth-order valence-corrected chi connectivity index (χ4v) is 4.39. The summed E-state index contributed by atoms with van der Waals surface area (Å²) in [6, 6.07) is 4.15. The third kappa shape index (κ3) is 3.33. The number of carbonyl (C=O) groups is 1. The fourth-order valence-electron chi connectivity index (χ4n) is 2.59. The van der Waals surface area contributed by atoms with Crippen molar-refractivity contribution >= 4 is 43.0 Å². The van der Waals surface area contributed by atoms with Gasteiger partial charge in [-0.3, -0.25) is 9.48 Å². The monoisotopic (exact) mass is 433 g/mol. The summed E-state index contributed by atoms with van der Waals surface area (Å²) in [6.45, 7) is 1.78. The summed E-state index contributed by atoms with van der Waals surface area (Å²) in [6.07, 6.45) is 0. The molecule has 0 saturated heterocycles. The van der Waals surface area contributed by atoms with Gasteiger partial charge in [-0.2, -0.15) is 18.3 Å². The van der Waals surface area contributed by atoms with Gasteiger partial charge in [0.15, 0.2) is 0 Å². The van der Waals surface area contributed by atoms with E-state index >= 15 is 0 Å². The Kier molecular flexibility index (Phi) is 4.88. The summed E-state index contributed by atoms with van der Waals surface area (Å²) in [4.78, 5) is 12.6. The highest BCUT2D eigenvalue weighted by Crippen LogP contribution is 2.35. The first-order chi connectivity index (χ1) is 13.0. The molecular weight excluding hydrogens is 419 g/mol. The first kappa shape index (κ1) is 20.1. The van der Waals surface area contributed by atoms with E-state index in [-0.39, 0.29) is 16.3 Å². The van der Waals surface area contributed by atoms with Gasteiger partial charge in [-0.05, 0) is 31.2 Å². The van der Waals surface area contributed by atoms with Crippen LogP contribution in [-0.4, -0.2) is 36.7 Å². The predicted octanol–water partition coefficient (Wildman–Crippen LogP) is 3.50. The number of aromatic nitrogens is 2. The highest BCUT2D eigenvalue weighted by atomic mass is 32.2. The molecular formula is C16H14F3N3O4S2. The molecule has 0 saturated carbocycles. The van der Waals surface area contributed by atoms with Gasteiger partial charge in [0.25, 0.3) is 15.7 Å². The molecule has 0 atom stereocenters. The van der Waals surface area contributed by atoms with E-state index in [1.54, 1.807) is 24.7 Å². The highest BCUT2D eigenvalue weighted by Gasteiger charge is 2.47. The van der Waals surface area contributed by atoms with Gasteiger partial charge in [-0.25, -0.2) is 8.42 Å². The fraction of sp³-hybridized carbons (Fsp3) is 0.250. The molecule has 2 heterocycles. The minimum atomic E-state index is -5.56. The van der Waals surface area contributed by atoms with Crippen LogP contribution < -0.4 is 10.1 Å². The maximum absolute atomic E-state index is 12.8. The van der Waals surface area contributed by atoms with E-state index in [4.69, 9.17) is 4.74 Å². The summed E-state index contributed by atoms with van der Waals surface area (Å²) < 4.78 is 68.3. The molecule has 3 rings (SSSR count). The number of alkyl halides is 3. The molecule has 12 heteroatoms. The average molecular weight is 433 g/mol. The molecule has 0 fully saturated rings. The topological polar surface area (TPSA) is 90.3 Å². The van der Waals surface area contributed by atoms with Crippen LogP contribution >= 0.6 is 11.3 Å². The number of thiophene rings is 1. The number of aryl methyl sites for hydroxylation is 2. The van der Waals surface area contributed by atoms with E-state index in [1.807, 2.05) is 0 Å². The number of methoxy groups -OCH3 is 1. The Bertz CT molecular complexity index is 1150. The van der Waals surface area contributed by atoms with Crippen molar-refractivity contribution in [1.29, 1.82) is 0 Å². The number of amides is 1. The number of halogens is 3. The van der Waals surface area contributed by atoms with E-state index in [2.05, 4.69) is 10.4 Å². The number of ether oxygens (including phenoxy) is 1. The lowest BCUT2D eigenvalue weighted by Gasteiger charge is -2.13. The zero-order valence-corrected chi connectivity index (χ0v) is 16.4. The van der Waals surface area contributed by atoms with Gasteiger partial charge in [-0.15, -0.1) is 11.3 Å². The Morgan fingerprint density at radius 3 is 2.54 bits per heavy atom. The highest BCUT2D eigenvalue weighted by molar-refractivity contribution is 7.92. The van der Waals surface area contributed by atoms with E-state index in [0.717, 1.165) is 45.4 Å². The maximum Gasteiger partial charge on any atom is 0.501 e. The minimum Gasteiger partial charge on any atom is -0.495 e. The molecule has 0 unspecified atom stereocenters. The smallest absolute Gasteiger partial charge is 0.495 e. The van der Waals surface area contributed by atoms with Crippen LogP contribution in [0.1, 0.15) is 15.4 Å². The summed E-state index contributed by atoms with van der Waals surface area (Å²) in [5.41, 5.74) is -4.92. The summed E-state index contributed by atoms with van der Waals surface area (Å²) in [5, 5.41) is 7.42. The maximum atomic E-state index is 12.8. The molecule has 1 amide bonds. The summed E-state index contributed by atoms with van der Waals surface area (Å²) in [5.74, 6) is -0.589. The molecule has 150 valence electrons. The number of hydrogen-bond acceptors (Lipinski definition) is 6. The quantitative estimate of drug-likeness (QED) is 0.680. The molecule has 0 radical (unpaired) electrons. The van der Waals surface area contributed by atoms with Crippen molar-refractivity contribution in [2.75, 3.05) is 12.4 Å². The molecule has 2 aromatic heterocycles. The second kappa shape index (κ2) is 6.78. The molecule has 0 aliphatic heterocycles. The molecule has 0 spiro atoms.